The Morgan fingerprint density at radius 1 is 1.33 bits per heavy atom. The fourth-order valence-corrected chi connectivity index (χ4v) is 2.60. The van der Waals surface area contributed by atoms with Gasteiger partial charge in [-0.15, -0.1) is 0 Å². The van der Waals surface area contributed by atoms with E-state index in [1.165, 1.54) is 0 Å². The third kappa shape index (κ3) is 7.32. The maximum absolute atomic E-state index is 11.7. The summed E-state index contributed by atoms with van der Waals surface area (Å²) >= 11 is 0. The molecule has 3 unspecified atom stereocenters. The highest BCUT2D eigenvalue weighted by molar-refractivity contribution is 5.73. The number of urea groups is 1. The van der Waals surface area contributed by atoms with E-state index in [2.05, 4.69) is 10.6 Å². The molecule has 0 bridgehead atoms. The smallest absolute Gasteiger partial charge is 0.314 e. The summed E-state index contributed by atoms with van der Waals surface area (Å²) in [4.78, 5) is 22.2. The van der Waals surface area contributed by atoms with Crippen LogP contribution in [-0.4, -0.2) is 42.9 Å². The summed E-state index contributed by atoms with van der Waals surface area (Å²) in [5, 5.41) is 14.4. The lowest BCUT2D eigenvalue weighted by molar-refractivity contribution is -0.137. The molecule has 6 nitrogen and oxygen atoms in total. The van der Waals surface area contributed by atoms with Crippen LogP contribution < -0.4 is 10.6 Å². The molecule has 0 spiro atoms. The van der Waals surface area contributed by atoms with Crippen molar-refractivity contribution in [3.05, 3.63) is 0 Å². The van der Waals surface area contributed by atoms with Crippen LogP contribution in [-0.2, 0) is 9.53 Å². The lowest BCUT2D eigenvalue weighted by atomic mass is 9.97. The van der Waals surface area contributed by atoms with Crippen LogP contribution in [0.1, 0.15) is 46.0 Å². The Morgan fingerprint density at radius 3 is 2.67 bits per heavy atom. The van der Waals surface area contributed by atoms with Gasteiger partial charge in [0.05, 0.1) is 6.10 Å². The molecule has 1 heterocycles. The van der Waals surface area contributed by atoms with Gasteiger partial charge in [0.25, 0.3) is 0 Å². The first-order valence-electron chi connectivity index (χ1n) is 7.88. The molecule has 1 fully saturated rings. The molecule has 122 valence electrons. The highest BCUT2D eigenvalue weighted by Gasteiger charge is 2.24. The van der Waals surface area contributed by atoms with Crippen LogP contribution in [0.5, 0.6) is 0 Å². The molecule has 1 aliphatic rings. The largest absolute Gasteiger partial charge is 0.481 e. The van der Waals surface area contributed by atoms with Crippen molar-refractivity contribution in [2.75, 3.05) is 19.7 Å². The SMILES string of the molecule is CCC(CCNC(=O)NCC1CCOC1C)CCC(=O)O. The monoisotopic (exact) mass is 300 g/mol. The van der Waals surface area contributed by atoms with Crippen molar-refractivity contribution in [2.45, 2.75) is 52.1 Å². The van der Waals surface area contributed by atoms with E-state index in [1.54, 1.807) is 0 Å². The maximum Gasteiger partial charge on any atom is 0.314 e. The Kier molecular flexibility index (Phi) is 8.12. The third-order valence-electron chi connectivity index (χ3n) is 4.24. The fraction of sp³-hybridized carbons (Fsp3) is 0.867. The van der Waals surface area contributed by atoms with Crippen molar-refractivity contribution >= 4 is 12.0 Å². The van der Waals surface area contributed by atoms with E-state index in [0.717, 1.165) is 25.9 Å². The second kappa shape index (κ2) is 9.60. The third-order valence-corrected chi connectivity index (χ3v) is 4.24. The zero-order valence-corrected chi connectivity index (χ0v) is 13.1. The van der Waals surface area contributed by atoms with Gasteiger partial charge in [-0.1, -0.05) is 13.3 Å². The average molecular weight is 300 g/mol. The first kappa shape index (κ1) is 17.8. The number of carboxylic acids is 1. The summed E-state index contributed by atoms with van der Waals surface area (Å²) in [6.07, 6.45) is 3.84. The van der Waals surface area contributed by atoms with E-state index in [0.29, 0.717) is 31.3 Å². The predicted molar refractivity (Wildman–Crippen MR) is 80.2 cm³/mol. The molecular formula is C15H28N2O4. The minimum Gasteiger partial charge on any atom is -0.481 e. The van der Waals surface area contributed by atoms with Crippen molar-refractivity contribution in [1.82, 2.24) is 10.6 Å². The van der Waals surface area contributed by atoms with E-state index < -0.39 is 5.97 Å². The van der Waals surface area contributed by atoms with Crippen molar-refractivity contribution in [3.63, 3.8) is 0 Å². The fourth-order valence-electron chi connectivity index (χ4n) is 2.60. The van der Waals surface area contributed by atoms with Gasteiger partial charge in [0, 0.05) is 32.0 Å². The zero-order valence-electron chi connectivity index (χ0n) is 13.1. The molecule has 3 N–H and O–H groups in total. The van der Waals surface area contributed by atoms with Gasteiger partial charge in [-0.05, 0) is 32.1 Å². The summed E-state index contributed by atoms with van der Waals surface area (Å²) in [7, 11) is 0. The van der Waals surface area contributed by atoms with E-state index in [-0.39, 0.29) is 18.6 Å². The molecule has 1 rings (SSSR count). The Bertz CT molecular complexity index is 336. The first-order valence-corrected chi connectivity index (χ1v) is 7.88. The lowest BCUT2D eigenvalue weighted by Crippen LogP contribution is -2.40. The van der Waals surface area contributed by atoms with Crippen molar-refractivity contribution in [1.29, 1.82) is 0 Å². The Labute approximate surface area is 126 Å². The number of carbonyl (C=O) groups excluding carboxylic acids is 1. The van der Waals surface area contributed by atoms with Crippen molar-refractivity contribution < 1.29 is 19.4 Å². The highest BCUT2D eigenvalue weighted by Crippen LogP contribution is 2.19. The molecule has 21 heavy (non-hydrogen) atoms. The Hall–Kier alpha value is -1.30. The van der Waals surface area contributed by atoms with Crippen LogP contribution in [0, 0.1) is 11.8 Å². The number of nitrogens with one attached hydrogen (secondary N) is 2. The minimum atomic E-state index is -0.757. The summed E-state index contributed by atoms with van der Waals surface area (Å²) in [6.45, 7) is 6.08. The molecule has 2 amide bonds. The van der Waals surface area contributed by atoms with Crippen molar-refractivity contribution in [2.24, 2.45) is 11.8 Å². The summed E-state index contributed by atoms with van der Waals surface area (Å²) in [5.41, 5.74) is 0. The predicted octanol–water partition coefficient (Wildman–Crippen LogP) is 1.99. The number of hydrogen-bond acceptors (Lipinski definition) is 3. The zero-order chi connectivity index (χ0) is 15.7. The lowest BCUT2D eigenvalue weighted by Gasteiger charge is -2.16. The maximum atomic E-state index is 11.7. The molecule has 0 aliphatic carbocycles. The van der Waals surface area contributed by atoms with E-state index in [9.17, 15) is 9.59 Å². The van der Waals surface area contributed by atoms with Gasteiger partial charge >= 0.3 is 12.0 Å². The first-order chi connectivity index (χ1) is 10.0. The molecule has 1 aliphatic heterocycles. The van der Waals surface area contributed by atoms with Gasteiger partial charge in [0.15, 0.2) is 0 Å². The Morgan fingerprint density at radius 2 is 2.10 bits per heavy atom. The molecule has 6 heteroatoms. The van der Waals surface area contributed by atoms with E-state index in [4.69, 9.17) is 9.84 Å². The average Bonchev–Trinajstić information content (AvgIpc) is 2.85. The number of amides is 2. The van der Waals surface area contributed by atoms with E-state index >= 15 is 0 Å². The highest BCUT2D eigenvalue weighted by atomic mass is 16.5. The quantitative estimate of drug-likeness (QED) is 0.607. The molecular weight excluding hydrogens is 272 g/mol. The number of carbonyl (C=O) groups is 2. The van der Waals surface area contributed by atoms with Gasteiger partial charge in [-0.2, -0.15) is 0 Å². The van der Waals surface area contributed by atoms with Crippen LogP contribution in [0.3, 0.4) is 0 Å². The molecule has 0 aromatic carbocycles. The second-order valence-electron chi connectivity index (χ2n) is 5.76. The van der Waals surface area contributed by atoms with Gasteiger partial charge < -0.3 is 20.5 Å². The molecule has 0 radical (unpaired) electrons. The topological polar surface area (TPSA) is 87.7 Å². The van der Waals surface area contributed by atoms with Crippen LogP contribution >= 0.6 is 0 Å². The van der Waals surface area contributed by atoms with Gasteiger partial charge in [-0.25, -0.2) is 4.79 Å². The van der Waals surface area contributed by atoms with Crippen LogP contribution in [0.25, 0.3) is 0 Å². The molecule has 0 aromatic heterocycles. The molecule has 3 atom stereocenters. The standard InChI is InChI=1S/C15H28N2O4/c1-3-12(4-5-14(18)19)6-8-16-15(20)17-10-13-7-9-21-11(13)2/h11-13H,3-10H2,1-2H3,(H,18,19)(H2,16,17,20). The summed E-state index contributed by atoms with van der Waals surface area (Å²) < 4.78 is 5.45. The number of ether oxygens (including phenoxy) is 1. The van der Waals surface area contributed by atoms with Gasteiger partial charge in [-0.3, -0.25) is 4.79 Å². The minimum absolute atomic E-state index is 0.151. The molecule has 0 aromatic rings. The molecule has 0 saturated carbocycles. The van der Waals surface area contributed by atoms with Crippen LogP contribution in [0.15, 0.2) is 0 Å². The Balaban J connectivity index is 2.10. The van der Waals surface area contributed by atoms with Crippen LogP contribution in [0.2, 0.25) is 0 Å². The second-order valence-corrected chi connectivity index (χ2v) is 5.76. The normalized spacial score (nSPS) is 22.8. The van der Waals surface area contributed by atoms with Gasteiger partial charge in [0.1, 0.15) is 0 Å². The van der Waals surface area contributed by atoms with E-state index in [1.807, 2.05) is 13.8 Å². The summed E-state index contributed by atoms with van der Waals surface area (Å²) in [6, 6.07) is -0.151. The van der Waals surface area contributed by atoms with Crippen molar-refractivity contribution in [3.8, 4) is 0 Å². The number of aliphatic carboxylic acids is 1. The van der Waals surface area contributed by atoms with Gasteiger partial charge in [0.2, 0.25) is 0 Å². The molecule has 1 saturated heterocycles. The number of hydrogen-bond donors (Lipinski definition) is 3. The number of rotatable bonds is 9. The van der Waals surface area contributed by atoms with Crippen LogP contribution in [0.4, 0.5) is 4.79 Å². The number of carboxylic acid groups (broad SMARTS) is 1. The summed E-state index contributed by atoms with van der Waals surface area (Å²) in [5.74, 6) is -0.00795.